The molecule has 1 N–H and O–H groups in total. The van der Waals surface area contributed by atoms with Gasteiger partial charge >= 0.3 is 5.97 Å². The third kappa shape index (κ3) is 2.67. The first-order valence-corrected chi connectivity index (χ1v) is 6.76. The van der Waals surface area contributed by atoms with Crippen LogP contribution in [-0.2, 0) is 4.74 Å². The number of hydrogen-bond donors (Lipinski definition) is 1. The molecule has 1 aromatic heterocycles. The molecular formula is C13H18O4S. The zero-order valence-corrected chi connectivity index (χ0v) is 11.8. The summed E-state index contributed by atoms with van der Waals surface area (Å²) >= 11 is 1.18. The van der Waals surface area contributed by atoms with Gasteiger partial charge in [-0.25, -0.2) is 4.79 Å². The highest BCUT2D eigenvalue weighted by Crippen LogP contribution is 2.40. The van der Waals surface area contributed by atoms with E-state index >= 15 is 0 Å². The molecule has 1 atom stereocenters. The maximum absolute atomic E-state index is 10.8. The van der Waals surface area contributed by atoms with Crippen LogP contribution in [0.1, 0.15) is 43.8 Å². The molecule has 1 saturated heterocycles. The molecule has 1 aliphatic heterocycles. The second-order valence-electron chi connectivity index (χ2n) is 5.73. The molecule has 0 spiro atoms. The molecule has 1 aliphatic rings. The molecule has 0 bridgehead atoms. The number of rotatable bonds is 3. The number of aromatic carboxylic acids is 1. The molecule has 0 aromatic carbocycles. The highest BCUT2D eigenvalue weighted by atomic mass is 32.1. The Morgan fingerprint density at radius 2 is 2.17 bits per heavy atom. The van der Waals surface area contributed by atoms with E-state index in [1.54, 1.807) is 11.4 Å². The number of carbonyl (C=O) groups is 1. The summed E-state index contributed by atoms with van der Waals surface area (Å²) in [7, 11) is 0. The van der Waals surface area contributed by atoms with Crippen molar-refractivity contribution in [3.8, 4) is 5.75 Å². The molecule has 0 radical (unpaired) electrons. The van der Waals surface area contributed by atoms with Gasteiger partial charge in [0.25, 0.3) is 0 Å². The fourth-order valence-corrected chi connectivity index (χ4v) is 3.00. The molecule has 1 aromatic rings. The van der Waals surface area contributed by atoms with Crippen molar-refractivity contribution in [1.29, 1.82) is 0 Å². The van der Waals surface area contributed by atoms with Gasteiger partial charge in [-0.15, -0.1) is 11.3 Å². The van der Waals surface area contributed by atoms with Gasteiger partial charge < -0.3 is 14.6 Å². The third-order valence-corrected chi connectivity index (χ3v) is 3.95. The lowest BCUT2D eigenvalue weighted by molar-refractivity contribution is -0.0845. The molecule has 5 heteroatoms. The maximum Gasteiger partial charge on any atom is 0.346 e. The lowest BCUT2D eigenvalue weighted by atomic mass is 9.97. The Balaban J connectivity index is 2.11. The fraction of sp³-hybridized carbons (Fsp3) is 0.615. The molecule has 2 rings (SSSR count). The largest absolute Gasteiger partial charge is 0.486 e. The van der Waals surface area contributed by atoms with E-state index in [1.807, 2.05) is 27.7 Å². The van der Waals surface area contributed by atoms with Gasteiger partial charge in [-0.3, -0.25) is 0 Å². The van der Waals surface area contributed by atoms with Gasteiger partial charge in [0.15, 0.2) is 0 Å². The Labute approximate surface area is 111 Å². The van der Waals surface area contributed by atoms with Crippen LogP contribution < -0.4 is 4.74 Å². The van der Waals surface area contributed by atoms with E-state index in [2.05, 4.69) is 0 Å². The average Bonchev–Trinajstić information content (AvgIpc) is 2.69. The Hall–Kier alpha value is -1.07. The standard InChI is InChI=1S/C13H18O4S/c1-12(2)6-10(13(3,4)17-12)16-8-5-9(11(14)15)18-7-8/h5,7,10H,6H2,1-4H3,(H,14,15). The van der Waals surface area contributed by atoms with Crippen LogP contribution in [0.5, 0.6) is 5.75 Å². The van der Waals surface area contributed by atoms with Gasteiger partial charge in [0.1, 0.15) is 22.3 Å². The predicted molar refractivity (Wildman–Crippen MR) is 69.6 cm³/mol. The number of thiophene rings is 1. The third-order valence-electron chi connectivity index (χ3n) is 3.06. The molecule has 1 unspecified atom stereocenters. The molecular weight excluding hydrogens is 252 g/mol. The molecule has 18 heavy (non-hydrogen) atoms. The maximum atomic E-state index is 10.8. The minimum Gasteiger partial charge on any atom is -0.486 e. The lowest BCUT2D eigenvalue weighted by Crippen LogP contribution is -2.36. The SMILES string of the molecule is CC1(C)CC(Oc2csc(C(=O)O)c2)C(C)(C)O1. The zero-order chi connectivity index (χ0) is 13.6. The zero-order valence-electron chi connectivity index (χ0n) is 11.0. The molecule has 100 valence electrons. The summed E-state index contributed by atoms with van der Waals surface area (Å²) in [6, 6.07) is 1.56. The lowest BCUT2D eigenvalue weighted by Gasteiger charge is -2.27. The van der Waals surface area contributed by atoms with Gasteiger partial charge in [0, 0.05) is 17.9 Å². The summed E-state index contributed by atoms with van der Waals surface area (Å²) in [5, 5.41) is 10.6. The molecule has 0 amide bonds. The van der Waals surface area contributed by atoms with Crippen molar-refractivity contribution < 1.29 is 19.4 Å². The van der Waals surface area contributed by atoms with E-state index in [1.165, 1.54) is 11.3 Å². The van der Waals surface area contributed by atoms with E-state index in [-0.39, 0.29) is 17.3 Å². The fourth-order valence-electron chi connectivity index (χ4n) is 2.35. The van der Waals surface area contributed by atoms with Crippen LogP contribution in [0, 0.1) is 0 Å². The minimum atomic E-state index is -0.919. The second kappa shape index (κ2) is 4.24. The highest BCUT2D eigenvalue weighted by molar-refractivity contribution is 7.12. The number of carboxylic acids is 1. The highest BCUT2D eigenvalue weighted by Gasteiger charge is 2.47. The Bertz CT molecular complexity index is 461. The predicted octanol–water partition coefficient (Wildman–Crippen LogP) is 3.17. The van der Waals surface area contributed by atoms with Crippen molar-refractivity contribution in [2.75, 3.05) is 0 Å². The summed E-state index contributed by atoms with van der Waals surface area (Å²) in [6.07, 6.45) is 0.724. The van der Waals surface area contributed by atoms with Crippen molar-refractivity contribution in [2.45, 2.75) is 51.4 Å². The Morgan fingerprint density at radius 1 is 1.50 bits per heavy atom. The molecule has 0 saturated carbocycles. The number of ether oxygens (including phenoxy) is 2. The van der Waals surface area contributed by atoms with Crippen LogP contribution in [0.3, 0.4) is 0 Å². The van der Waals surface area contributed by atoms with E-state index in [0.29, 0.717) is 10.6 Å². The van der Waals surface area contributed by atoms with Crippen LogP contribution in [0.25, 0.3) is 0 Å². The van der Waals surface area contributed by atoms with Gasteiger partial charge in [-0.05, 0) is 27.7 Å². The van der Waals surface area contributed by atoms with Crippen molar-refractivity contribution in [1.82, 2.24) is 0 Å². The first kappa shape index (κ1) is 13.4. The van der Waals surface area contributed by atoms with Crippen LogP contribution in [-0.4, -0.2) is 28.4 Å². The summed E-state index contributed by atoms with van der Waals surface area (Å²) < 4.78 is 11.8. The van der Waals surface area contributed by atoms with Crippen molar-refractivity contribution in [2.24, 2.45) is 0 Å². The van der Waals surface area contributed by atoms with E-state index in [4.69, 9.17) is 14.6 Å². The normalized spacial score (nSPS) is 25.0. The Morgan fingerprint density at radius 3 is 2.61 bits per heavy atom. The topological polar surface area (TPSA) is 55.8 Å². The molecule has 4 nitrogen and oxygen atoms in total. The average molecular weight is 270 g/mol. The van der Waals surface area contributed by atoms with Crippen molar-refractivity contribution >= 4 is 17.3 Å². The number of carboxylic acid groups (broad SMARTS) is 1. The Kier molecular flexibility index (Phi) is 3.15. The molecule has 1 fully saturated rings. The van der Waals surface area contributed by atoms with Crippen molar-refractivity contribution in [3.05, 3.63) is 16.3 Å². The van der Waals surface area contributed by atoms with Gasteiger partial charge in [0.2, 0.25) is 0 Å². The van der Waals surface area contributed by atoms with E-state index < -0.39 is 5.97 Å². The first-order chi connectivity index (χ1) is 8.20. The van der Waals surface area contributed by atoms with Crippen LogP contribution in [0.4, 0.5) is 0 Å². The van der Waals surface area contributed by atoms with Crippen LogP contribution >= 0.6 is 11.3 Å². The second-order valence-corrected chi connectivity index (χ2v) is 6.64. The van der Waals surface area contributed by atoms with E-state index in [0.717, 1.165) is 6.42 Å². The van der Waals surface area contributed by atoms with Gasteiger partial charge in [-0.1, -0.05) is 0 Å². The minimum absolute atomic E-state index is 0.0660. The van der Waals surface area contributed by atoms with Crippen LogP contribution in [0.15, 0.2) is 11.4 Å². The molecule has 2 heterocycles. The van der Waals surface area contributed by atoms with Crippen molar-refractivity contribution in [3.63, 3.8) is 0 Å². The summed E-state index contributed by atoms with van der Waals surface area (Å²) in [5.74, 6) is -0.311. The van der Waals surface area contributed by atoms with E-state index in [9.17, 15) is 4.79 Å². The smallest absolute Gasteiger partial charge is 0.346 e. The quantitative estimate of drug-likeness (QED) is 0.916. The monoisotopic (exact) mass is 270 g/mol. The summed E-state index contributed by atoms with van der Waals surface area (Å²) in [4.78, 5) is 11.1. The van der Waals surface area contributed by atoms with Gasteiger partial charge in [0.05, 0.1) is 5.60 Å². The summed E-state index contributed by atoms with van der Waals surface area (Å²) in [6.45, 7) is 8.07. The van der Waals surface area contributed by atoms with Crippen LogP contribution in [0.2, 0.25) is 0 Å². The summed E-state index contributed by atoms with van der Waals surface area (Å²) in [5.41, 5.74) is -0.575. The molecule has 0 aliphatic carbocycles. The first-order valence-electron chi connectivity index (χ1n) is 5.88. The number of hydrogen-bond acceptors (Lipinski definition) is 4. The van der Waals surface area contributed by atoms with Gasteiger partial charge in [-0.2, -0.15) is 0 Å².